The number of amides is 1. The summed E-state index contributed by atoms with van der Waals surface area (Å²) in [5.41, 5.74) is 1.96. The molecule has 2 saturated heterocycles. The number of H-pyrrole nitrogens is 2. The Morgan fingerprint density at radius 1 is 0.825 bits per heavy atom. The van der Waals surface area contributed by atoms with E-state index in [4.69, 9.17) is 13.8 Å². The third-order valence-electron chi connectivity index (χ3n) is 7.69. The summed E-state index contributed by atoms with van der Waals surface area (Å²) in [4.78, 5) is 36.1. The van der Waals surface area contributed by atoms with Gasteiger partial charge < -0.3 is 24.0 Å². The predicted molar refractivity (Wildman–Crippen MR) is 148 cm³/mol. The van der Waals surface area contributed by atoms with Gasteiger partial charge in [-0.1, -0.05) is 60.7 Å². The zero-order chi connectivity index (χ0) is 27.9. The summed E-state index contributed by atoms with van der Waals surface area (Å²) in [5, 5.41) is 8.21. The second kappa shape index (κ2) is 12.7. The number of nitrogens with zero attached hydrogens (tertiary/aromatic N) is 1. The number of carbonyl (C=O) groups excluding carboxylic acids is 1. The van der Waals surface area contributed by atoms with E-state index in [1.807, 2.05) is 36.4 Å². The minimum Gasteiger partial charge on any atom is -0.453 e. The molecule has 4 heterocycles. The maximum absolute atomic E-state index is 12.0. The predicted octanol–water partition coefficient (Wildman–Crippen LogP) is 4.83. The number of likely N-dealkylation sites (tertiary alicyclic amines) is 1. The van der Waals surface area contributed by atoms with Gasteiger partial charge in [0, 0.05) is 36.6 Å². The van der Waals surface area contributed by atoms with Crippen molar-refractivity contribution in [1.82, 2.24) is 20.5 Å². The summed E-state index contributed by atoms with van der Waals surface area (Å²) >= 11 is 0. The summed E-state index contributed by atoms with van der Waals surface area (Å²) in [6.45, 7) is 1.50. The molecule has 10 nitrogen and oxygen atoms in total. The molecule has 2 aliphatic rings. The minimum atomic E-state index is -0.331. The molecule has 1 amide bonds. The molecule has 3 N–H and O–H groups in total. The van der Waals surface area contributed by atoms with Crippen LogP contribution >= 0.6 is 0 Å². The van der Waals surface area contributed by atoms with Crippen LogP contribution < -0.4 is 16.4 Å². The van der Waals surface area contributed by atoms with Gasteiger partial charge in [0.15, 0.2) is 0 Å². The highest BCUT2D eigenvalue weighted by atomic mass is 16.5. The Morgan fingerprint density at radius 3 is 1.95 bits per heavy atom. The number of hydrogen-bond donors (Lipinski definition) is 3. The van der Waals surface area contributed by atoms with Crippen molar-refractivity contribution in [3.8, 4) is 0 Å². The number of methoxy groups -OCH3 is 1. The number of carbonyl (C=O) groups is 1. The zero-order valence-electron chi connectivity index (χ0n) is 22.4. The SMILES string of the molecule is COC(=O)N1CC[C@H](c2cc(=O)[nH]o2)C[C@H]1c1ccccc1.O=c1cc([C@H]2CCN[C@H](c3ccccc3)C2)o[nH]1. The smallest absolute Gasteiger partial charge is 0.409 e. The lowest BCUT2D eigenvalue weighted by molar-refractivity contribution is 0.0815. The normalized spacial score (nSPS) is 22.7. The van der Waals surface area contributed by atoms with E-state index in [9.17, 15) is 14.4 Å². The summed E-state index contributed by atoms with van der Waals surface area (Å²) in [6, 6.07) is 23.5. The van der Waals surface area contributed by atoms with Gasteiger partial charge in [-0.25, -0.2) is 4.79 Å². The molecule has 0 radical (unpaired) electrons. The third kappa shape index (κ3) is 6.45. The lowest BCUT2D eigenvalue weighted by atomic mass is 9.86. The molecular weight excluding hydrogens is 512 g/mol. The van der Waals surface area contributed by atoms with E-state index in [-0.39, 0.29) is 29.2 Å². The van der Waals surface area contributed by atoms with Crippen LogP contribution in [-0.2, 0) is 4.74 Å². The lowest BCUT2D eigenvalue weighted by Crippen LogP contribution is -2.40. The fourth-order valence-electron chi connectivity index (χ4n) is 5.66. The van der Waals surface area contributed by atoms with E-state index in [0.717, 1.165) is 37.1 Å². The Bertz CT molecular complexity index is 1470. The Labute approximate surface area is 231 Å². The second-order valence-corrected chi connectivity index (χ2v) is 10.2. The van der Waals surface area contributed by atoms with Crippen molar-refractivity contribution < 1.29 is 18.6 Å². The van der Waals surface area contributed by atoms with Crippen molar-refractivity contribution in [3.63, 3.8) is 0 Å². The number of piperidine rings is 2. The second-order valence-electron chi connectivity index (χ2n) is 10.2. The molecule has 0 saturated carbocycles. The Balaban J connectivity index is 0.000000164. The molecular formula is C30H34N4O6. The molecule has 4 atom stereocenters. The average Bonchev–Trinajstić information content (AvgIpc) is 3.66. The highest BCUT2D eigenvalue weighted by molar-refractivity contribution is 5.68. The van der Waals surface area contributed by atoms with Gasteiger partial charge in [0.25, 0.3) is 11.1 Å². The van der Waals surface area contributed by atoms with Crippen LogP contribution in [0.1, 0.15) is 72.3 Å². The van der Waals surface area contributed by atoms with Gasteiger partial charge in [-0.05, 0) is 43.4 Å². The minimum absolute atomic E-state index is 0.0902. The molecule has 6 rings (SSSR count). The molecule has 0 aliphatic carbocycles. The maximum atomic E-state index is 12.0. The number of nitrogens with one attached hydrogen (secondary N) is 3. The largest absolute Gasteiger partial charge is 0.453 e. The quantitative estimate of drug-likeness (QED) is 0.334. The van der Waals surface area contributed by atoms with E-state index >= 15 is 0 Å². The Hall–Kier alpha value is -4.31. The first-order valence-corrected chi connectivity index (χ1v) is 13.6. The van der Waals surface area contributed by atoms with Crippen LogP contribution in [0, 0.1) is 0 Å². The Morgan fingerprint density at radius 2 is 1.40 bits per heavy atom. The van der Waals surface area contributed by atoms with Crippen LogP contribution in [0.15, 0.2) is 91.4 Å². The number of benzene rings is 2. The van der Waals surface area contributed by atoms with Crippen LogP contribution in [0.4, 0.5) is 4.79 Å². The first-order chi connectivity index (χ1) is 19.5. The van der Waals surface area contributed by atoms with Gasteiger partial charge in [0.1, 0.15) is 11.5 Å². The summed E-state index contributed by atoms with van der Waals surface area (Å²) < 4.78 is 15.4. The molecule has 2 aromatic heterocycles. The summed E-state index contributed by atoms with van der Waals surface area (Å²) in [6.07, 6.45) is 3.07. The highest BCUT2D eigenvalue weighted by Gasteiger charge is 2.35. The highest BCUT2D eigenvalue weighted by Crippen LogP contribution is 2.39. The van der Waals surface area contributed by atoms with Crippen molar-refractivity contribution in [3.05, 3.63) is 116 Å². The molecule has 10 heteroatoms. The Kier molecular flexibility index (Phi) is 8.65. The maximum Gasteiger partial charge on any atom is 0.409 e. The van der Waals surface area contributed by atoms with E-state index in [1.54, 1.807) is 11.0 Å². The van der Waals surface area contributed by atoms with Crippen molar-refractivity contribution in [2.75, 3.05) is 20.2 Å². The number of ether oxygens (including phenoxy) is 1. The molecule has 0 bridgehead atoms. The van der Waals surface area contributed by atoms with Gasteiger partial charge in [0.05, 0.1) is 13.2 Å². The van der Waals surface area contributed by atoms with Crippen LogP contribution in [0.3, 0.4) is 0 Å². The van der Waals surface area contributed by atoms with E-state index in [1.165, 1.54) is 18.7 Å². The van der Waals surface area contributed by atoms with Crippen LogP contribution in [0.2, 0.25) is 0 Å². The summed E-state index contributed by atoms with van der Waals surface area (Å²) in [5.74, 6) is 1.85. The molecule has 4 aromatic rings. The monoisotopic (exact) mass is 546 g/mol. The topological polar surface area (TPSA) is 134 Å². The summed E-state index contributed by atoms with van der Waals surface area (Å²) in [7, 11) is 1.39. The van der Waals surface area contributed by atoms with Crippen LogP contribution in [0.25, 0.3) is 0 Å². The van der Waals surface area contributed by atoms with Gasteiger partial charge in [-0.15, -0.1) is 0 Å². The van der Waals surface area contributed by atoms with Gasteiger partial charge in [-0.2, -0.15) is 10.3 Å². The molecule has 40 heavy (non-hydrogen) atoms. The van der Waals surface area contributed by atoms with E-state index in [2.05, 4.69) is 39.9 Å². The standard InChI is InChI=1S/C16H18N2O4.C14H16N2O2/c1-21-16(20)18-8-7-12(14-10-15(19)17-22-14)9-13(18)11-5-3-2-4-6-11;17-14-9-13(18-16-14)11-6-7-15-12(8-11)10-4-2-1-3-5-10/h2-6,10,12-13H,7-9H2,1H3,(H,17,19);1-5,9,11-12,15H,6-8H2,(H,16,17)/t12-,13-;11-,12-/m00/s1. The van der Waals surface area contributed by atoms with Gasteiger partial charge in [0.2, 0.25) is 0 Å². The van der Waals surface area contributed by atoms with Gasteiger partial charge in [-0.3, -0.25) is 9.59 Å². The van der Waals surface area contributed by atoms with Crippen molar-refractivity contribution >= 4 is 6.09 Å². The van der Waals surface area contributed by atoms with Crippen LogP contribution in [-0.4, -0.2) is 41.5 Å². The van der Waals surface area contributed by atoms with Crippen LogP contribution in [0.5, 0.6) is 0 Å². The number of aromatic amines is 2. The van der Waals surface area contributed by atoms with Crippen molar-refractivity contribution in [2.45, 2.75) is 49.6 Å². The fourth-order valence-corrected chi connectivity index (χ4v) is 5.66. The molecule has 2 aliphatic heterocycles. The zero-order valence-corrected chi connectivity index (χ0v) is 22.4. The first-order valence-electron chi connectivity index (χ1n) is 13.6. The lowest BCUT2D eigenvalue weighted by Gasteiger charge is -2.38. The van der Waals surface area contributed by atoms with E-state index < -0.39 is 0 Å². The van der Waals surface area contributed by atoms with Crippen molar-refractivity contribution in [1.29, 1.82) is 0 Å². The molecule has 2 aromatic carbocycles. The van der Waals surface area contributed by atoms with E-state index in [0.29, 0.717) is 30.7 Å². The molecule has 0 spiro atoms. The molecule has 210 valence electrons. The van der Waals surface area contributed by atoms with Crippen molar-refractivity contribution in [2.24, 2.45) is 0 Å². The number of hydrogen-bond acceptors (Lipinski definition) is 7. The molecule has 0 unspecified atom stereocenters. The fraction of sp³-hybridized carbons (Fsp3) is 0.367. The number of rotatable bonds is 4. The first kappa shape index (κ1) is 27.3. The molecule has 2 fully saturated rings. The van der Waals surface area contributed by atoms with Gasteiger partial charge >= 0.3 is 6.09 Å². The third-order valence-corrected chi connectivity index (χ3v) is 7.69. The average molecular weight is 547 g/mol. The number of aromatic nitrogens is 2.